The predicted octanol–water partition coefficient (Wildman–Crippen LogP) is 2.94. The highest BCUT2D eigenvalue weighted by atomic mass is 16.5. The summed E-state index contributed by atoms with van der Waals surface area (Å²) in [7, 11) is 0. The van der Waals surface area contributed by atoms with Crippen LogP contribution in [-0.4, -0.2) is 19.8 Å². The molecule has 100 valence electrons. The van der Waals surface area contributed by atoms with Crippen LogP contribution in [0.4, 0.5) is 0 Å². The number of hydrogen-bond donors (Lipinski definition) is 1. The highest BCUT2D eigenvalue weighted by Gasteiger charge is 2.10. The van der Waals surface area contributed by atoms with Gasteiger partial charge in [0.15, 0.2) is 0 Å². The first-order chi connectivity index (χ1) is 8.75. The van der Waals surface area contributed by atoms with Crippen molar-refractivity contribution >= 4 is 0 Å². The van der Waals surface area contributed by atoms with E-state index in [0.717, 1.165) is 26.3 Å². The molecule has 0 aliphatic heterocycles. The van der Waals surface area contributed by atoms with Crippen LogP contribution < -0.4 is 5.32 Å². The highest BCUT2D eigenvalue weighted by Crippen LogP contribution is 2.22. The molecule has 0 aromatic heterocycles. The van der Waals surface area contributed by atoms with E-state index in [1.165, 1.54) is 24.8 Å². The minimum Gasteiger partial charge on any atom is -0.380 e. The summed E-state index contributed by atoms with van der Waals surface area (Å²) in [6.45, 7) is 7.92. The molecule has 1 aliphatic rings. The smallest absolute Gasteiger partial charge is 0.0591 e. The number of ether oxygens (including phenoxy) is 1. The summed E-state index contributed by atoms with van der Waals surface area (Å²) in [5.41, 5.74) is 4.52. The predicted molar refractivity (Wildman–Crippen MR) is 75.8 cm³/mol. The van der Waals surface area contributed by atoms with Gasteiger partial charge in [-0.2, -0.15) is 0 Å². The summed E-state index contributed by atoms with van der Waals surface area (Å²) in [4.78, 5) is 0. The van der Waals surface area contributed by atoms with Crippen LogP contribution in [0.2, 0.25) is 0 Å². The van der Waals surface area contributed by atoms with Crippen LogP contribution in [0, 0.1) is 5.92 Å². The number of aryl methyl sites for hydroxylation is 2. The molecule has 1 N–H and O–H groups in total. The molecule has 0 atom stereocenters. The summed E-state index contributed by atoms with van der Waals surface area (Å²) in [6, 6.07) is 6.92. The molecule has 0 unspecified atom stereocenters. The molecule has 0 radical (unpaired) electrons. The molecular weight excluding hydrogens is 222 g/mol. The van der Waals surface area contributed by atoms with Gasteiger partial charge < -0.3 is 10.1 Å². The molecule has 2 heteroatoms. The first-order valence-electron chi connectivity index (χ1n) is 7.15. The summed E-state index contributed by atoms with van der Waals surface area (Å²) >= 11 is 0. The number of hydrogen-bond acceptors (Lipinski definition) is 2. The molecule has 0 heterocycles. The van der Waals surface area contributed by atoms with Crippen LogP contribution in [0.1, 0.15) is 37.0 Å². The fourth-order valence-corrected chi connectivity index (χ4v) is 2.43. The van der Waals surface area contributed by atoms with Crippen LogP contribution in [0.5, 0.6) is 0 Å². The van der Waals surface area contributed by atoms with Crippen LogP contribution in [0.25, 0.3) is 0 Å². The molecule has 0 spiro atoms. The normalized spacial score (nSPS) is 14.2. The molecular formula is C16H25NO. The zero-order valence-corrected chi connectivity index (χ0v) is 11.7. The zero-order chi connectivity index (χ0) is 12.8. The third-order valence-electron chi connectivity index (χ3n) is 3.37. The van der Waals surface area contributed by atoms with Crippen molar-refractivity contribution in [2.45, 2.75) is 39.7 Å². The topological polar surface area (TPSA) is 21.3 Å². The minimum atomic E-state index is 0.627. The van der Waals surface area contributed by atoms with Gasteiger partial charge in [0.05, 0.1) is 6.61 Å². The highest BCUT2D eigenvalue weighted by molar-refractivity contribution is 5.35. The Kier molecular flexibility index (Phi) is 5.21. The Morgan fingerprint density at radius 3 is 2.89 bits per heavy atom. The second-order valence-corrected chi connectivity index (χ2v) is 5.60. The van der Waals surface area contributed by atoms with Crippen molar-refractivity contribution in [1.82, 2.24) is 5.32 Å². The molecule has 2 nitrogen and oxygen atoms in total. The van der Waals surface area contributed by atoms with E-state index in [1.807, 2.05) is 0 Å². The van der Waals surface area contributed by atoms with E-state index in [2.05, 4.69) is 37.4 Å². The molecule has 0 saturated carbocycles. The lowest BCUT2D eigenvalue weighted by atomic mass is 10.1. The number of rotatable bonds is 7. The van der Waals surface area contributed by atoms with Gasteiger partial charge in [0, 0.05) is 19.7 Å². The van der Waals surface area contributed by atoms with Gasteiger partial charge in [-0.05, 0) is 41.9 Å². The lowest BCUT2D eigenvalue weighted by Crippen LogP contribution is -2.20. The summed E-state index contributed by atoms with van der Waals surface area (Å²) in [5.74, 6) is 0.627. The molecule has 1 aromatic rings. The van der Waals surface area contributed by atoms with Crippen molar-refractivity contribution in [3.8, 4) is 0 Å². The molecule has 0 fully saturated rings. The number of fused-ring (bicyclic) bond motifs is 1. The summed E-state index contributed by atoms with van der Waals surface area (Å²) in [6.07, 6.45) is 3.86. The van der Waals surface area contributed by atoms with Gasteiger partial charge in [0.2, 0.25) is 0 Å². The molecule has 0 saturated heterocycles. The molecule has 0 bridgehead atoms. The lowest BCUT2D eigenvalue weighted by Gasteiger charge is -2.09. The van der Waals surface area contributed by atoms with Crippen molar-refractivity contribution in [2.75, 3.05) is 19.8 Å². The van der Waals surface area contributed by atoms with Gasteiger partial charge in [-0.1, -0.05) is 32.0 Å². The van der Waals surface area contributed by atoms with Gasteiger partial charge in [0.1, 0.15) is 0 Å². The van der Waals surface area contributed by atoms with Gasteiger partial charge >= 0.3 is 0 Å². The third-order valence-corrected chi connectivity index (χ3v) is 3.37. The molecule has 1 aromatic carbocycles. The van der Waals surface area contributed by atoms with Gasteiger partial charge in [0.25, 0.3) is 0 Å². The van der Waals surface area contributed by atoms with Crippen LogP contribution >= 0.6 is 0 Å². The van der Waals surface area contributed by atoms with E-state index in [1.54, 1.807) is 11.1 Å². The fraction of sp³-hybridized carbons (Fsp3) is 0.625. The maximum absolute atomic E-state index is 5.54. The Bertz CT molecular complexity index is 373. The first kappa shape index (κ1) is 13.6. The SMILES string of the molecule is CC(C)COCCNCc1ccc2c(c1)CCC2. The van der Waals surface area contributed by atoms with E-state index in [4.69, 9.17) is 4.74 Å². The Balaban J connectivity index is 1.65. The van der Waals surface area contributed by atoms with E-state index in [-0.39, 0.29) is 0 Å². The van der Waals surface area contributed by atoms with Crippen LogP contribution in [-0.2, 0) is 24.1 Å². The van der Waals surface area contributed by atoms with Crippen molar-refractivity contribution < 1.29 is 4.74 Å². The average molecular weight is 247 g/mol. The molecule has 18 heavy (non-hydrogen) atoms. The summed E-state index contributed by atoms with van der Waals surface area (Å²) < 4.78 is 5.54. The summed E-state index contributed by atoms with van der Waals surface area (Å²) in [5, 5.41) is 3.44. The monoisotopic (exact) mass is 247 g/mol. The third kappa shape index (κ3) is 4.11. The Labute approximate surface area is 111 Å². The molecule has 2 rings (SSSR count). The Morgan fingerprint density at radius 1 is 1.22 bits per heavy atom. The second kappa shape index (κ2) is 6.91. The van der Waals surface area contributed by atoms with Crippen molar-refractivity contribution in [1.29, 1.82) is 0 Å². The number of nitrogens with one attached hydrogen (secondary N) is 1. The fourth-order valence-electron chi connectivity index (χ4n) is 2.43. The zero-order valence-electron chi connectivity index (χ0n) is 11.7. The van der Waals surface area contributed by atoms with Gasteiger partial charge in [-0.25, -0.2) is 0 Å². The quantitative estimate of drug-likeness (QED) is 0.748. The largest absolute Gasteiger partial charge is 0.380 e. The standard InChI is InChI=1S/C16H25NO/c1-13(2)12-18-9-8-17-11-14-6-7-15-4-3-5-16(15)10-14/h6-7,10,13,17H,3-5,8-9,11-12H2,1-2H3. The van der Waals surface area contributed by atoms with Gasteiger partial charge in [-0.15, -0.1) is 0 Å². The first-order valence-corrected chi connectivity index (χ1v) is 7.15. The van der Waals surface area contributed by atoms with E-state index in [0.29, 0.717) is 5.92 Å². The van der Waals surface area contributed by atoms with Crippen molar-refractivity contribution in [2.24, 2.45) is 5.92 Å². The molecule has 0 amide bonds. The maximum atomic E-state index is 5.54. The lowest BCUT2D eigenvalue weighted by molar-refractivity contribution is 0.111. The van der Waals surface area contributed by atoms with E-state index < -0.39 is 0 Å². The second-order valence-electron chi connectivity index (χ2n) is 5.60. The maximum Gasteiger partial charge on any atom is 0.0591 e. The Hall–Kier alpha value is -0.860. The van der Waals surface area contributed by atoms with E-state index in [9.17, 15) is 0 Å². The average Bonchev–Trinajstić information content (AvgIpc) is 2.80. The van der Waals surface area contributed by atoms with Crippen LogP contribution in [0.3, 0.4) is 0 Å². The van der Waals surface area contributed by atoms with Crippen LogP contribution in [0.15, 0.2) is 18.2 Å². The molecule has 1 aliphatic carbocycles. The van der Waals surface area contributed by atoms with Gasteiger partial charge in [-0.3, -0.25) is 0 Å². The number of benzene rings is 1. The van der Waals surface area contributed by atoms with E-state index >= 15 is 0 Å². The minimum absolute atomic E-state index is 0.627. The van der Waals surface area contributed by atoms with Crippen molar-refractivity contribution in [3.63, 3.8) is 0 Å². The van der Waals surface area contributed by atoms with Crippen molar-refractivity contribution in [3.05, 3.63) is 34.9 Å². The Morgan fingerprint density at radius 2 is 2.06 bits per heavy atom.